The van der Waals surface area contributed by atoms with Gasteiger partial charge < -0.3 is 10.6 Å². The third kappa shape index (κ3) is 4.38. The topological polar surface area (TPSA) is 118 Å². The Labute approximate surface area is 201 Å². The average molecular weight is 480 g/mol. The first-order chi connectivity index (χ1) is 16.5. The van der Waals surface area contributed by atoms with Gasteiger partial charge in [-0.05, 0) is 56.9 Å². The number of hydrogen-bond acceptors (Lipinski definition) is 7. The van der Waals surface area contributed by atoms with Crippen molar-refractivity contribution >= 4 is 39.8 Å². The molecule has 0 aliphatic heterocycles. The Hall–Kier alpha value is -3.01. The molecule has 0 radical (unpaired) electrons. The molecule has 3 N–H and O–H groups in total. The first-order valence-corrected chi connectivity index (χ1v) is 13.0. The smallest absolute Gasteiger partial charge is 0.230 e. The van der Waals surface area contributed by atoms with Crippen molar-refractivity contribution in [2.75, 3.05) is 10.6 Å². The molecule has 3 heterocycles. The fourth-order valence-electron chi connectivity index (χ4n) is 4.81. The van der Waals surface area contributed by atoms with E-state index in [0.29, 0.717) is 24.1 Å². The highest BCUT2D eigenvalue weighted by molar-refractivity contribution is 7.17. The lowest BCUT2D eigenvalue weighted by Crippen LogP contribution is -2.20. The van der Waals surface area contributed by atoms with Crippen molar-refractivity contribution in [3.63, 3.8) is 0 Å². The zero-order chi connectivity index (χ0) is 23.2. The molecule has 34 heavy (non-hydrogen) atoms. The van der Waals surface area contributed by atoms with Crippen molar-refractivity contribution in [2.24, 2.45) is 11.8 Å². The number of carbonyl (C=O) groups excluding carboxylic acids is 2. The number of aromatic nitrogens is 5. The molecule has 178 valence electrons. The normalized spacial score (nSPS) is 19.6. The third-order valence-electron chi connectivity index (χ3n) is 7.09. The van der Waals surface area contributed by atoms with Crippen LogP contribution in [-0.4, -0.2) is 36.7 Å². The van der Waals surface area contributed by atoms with Crippen molar-refractivity contribution < 1.29 is 9.59 Å². The fourth-order valence-corrected chi connectivity index (χ4v) is 6.07. The lowest BCUT2D eigenvalue weighted by Gasteiger charge is -2.25. The number of amides is 1. The van der Waals surface area contributed by atoms with E-state index in [1.54, 1.807) is 17.7 Å². The monoisotopic (exact) mass is 479 g/mol. The van der Waals surface area contributed by atoms with Crippen LogP contribution in [0.4, 0.5) is 16.8 Å². The van der Waals surface area contributed by atoms with E-state index < -0.39 is 0 Å². The van der Waals surface area contributed by atoms with Gasteiger partial charge in [0.15, 0.2) is 11.6 Å². The maximum absolute atomic E-state index is 13.4. The molecular weight excluding hydrogens is 450 g/mol. The molecule has 3 aromatic rings. The maximum atomic E-state index is 13.4. The van der Waals surface area contributed by atoms with E-state index in [2.05, 4.69) is 31.0 Å². The molecule has 0 aromatic carbocycles. The van der Waals surface area contributed by atoms with Crippen molar-refractivity contribution in [1.82, 2.24) is 25.0 Å². The van der Waals surface area contributed by atoms with Gasteiger partial charge in [0.25, 0.3) is 0 Å². The van der Waals surface area contributed by atoms with E-state index in [9.17, 15) is 9.59 Å². The number of rotatable bonds is 9. The molecule has 1 atom stereocenters. The summed E-state index contributed by atoms with van der Waals surface area (Å²) in [6, 6.07) is 2.05. The largest absolute Gasteiger partial charge is 0.317 e. The molecule has 10 heteroatoms. The van der Waals surface area contributed by atoms with Gasteiger partial charge in [-0.2, -0.15) is 5.10 Å². The minimum atomic E-state index is 0.0611. The van der Waals surface area contributed by atoms with E-state index in [1.165, 1.54) is 17.7 Å². The highest BCUT2D eigenvalue weighted by Gasteiger charge is 2.35. The fraction of sp³-hybridized carbons (Fsp3) is 0.542. The second-order valence-electron chi connectivity index (χ2n) is 9.90. The van der Waals surface area contributed by atoms with Gasteiger partial charge in [0, 0.05) is 35.0 Å². The number of hydrogen-bond donors (Lipinski definition) is 3. The van der Waals surface area contributed by atoms with Crippen molar-refractivity contribution in [3.8, 4) is 0 Å². The molecule has 0 spiro atoms. The summed E-state index contributed by atoms with van der Waals surface area (Å²) in [6.45, 7) is 1.95. The minimum Gasteiger partial charge on any atom is -0.317 e. The number of Topliss-reactive ketones (excluding diaryl/α,β-unsaturated/α-hetero) is 1. The summed E-state index contributed by atoms with van der Waals surface area (Å²) >= 11 is 1.60. The van der Waals surface area contributed by atoms with Gasteiger partial charge in [0.05, 0.1) is 5.56 Å². The molecular formula is C24H29N7O2S. The molecule has 2 saturated carbocycles. The highest BCUT2D eigenvalue weighted by Crippen LogP contribution is 2.44. The Kier molecular flexibility index (Phi) is 5.47. The SMILES string of the molecule is Cc1cc(Nc2nncn2[C@H]2CCc3sc(NC(=O)C4CC4)c(C(=O)CCC4CC4)c3C2)n[nH]1. The lowest BCUT2D eigenvalue weighted by molar-refractivity contribution is -0.117. The van der Waals surface area contributed by atoms with Gasteiger partial charge in [-0.1, -0.05) is 12.8 Å². The number of carbonyl (C=O) groups is 2. The van der Waals surface area contributed by atoms with Gasteiger partial charge in [-0.3, -0.25) is 19.3 Å². The zero-order valence-corrected chi connectivity index (χ0v) is 20.1. The summed E-state index contributed by atoms with van der Waals surface area (Å²) < 4.78 is 2.05. The molecule has 0 unspecified atom stereocenters. The second-order valence-corrected chi connectivity index (χ2v) is 11.0. The first-order valence-electron chi connectivity index (χ1n) is 12.2. The van der Waals surface area contributed by atoms with Gasteiger partial charge in [-0.15, -0.1) is 21.5 Å². The predicted molar refractivity (Wildman–Crippen MR) is 130 cm³/mol. The van der Waals surface area contributed by atoms with E-state index in [0.717, 1.165) is 60.3 Å². The highest BCUT2D eigenvalue weighted by atomic mass is 32.1. The summed E-state index contributed by atoms with van der Waals surface area (Å²) in [5, 5.41) is 22.7. The van der Waals surface area contributed by atoms with Crippen LogP contribution in [-0.2, 0) is 17.6 Å². The number of aryl methyl sites for hydroxylation is 2. The molecule has 1 amide bonds. The third-order valence-corrected chi connectivity index (χ3v) is 8.29. The molecule has 9 nitrogen and oxygen atoms in total. The lowest BCUT2D eigenvalue weighted by atomic mass is 9.89. The van der Waals surface area contributed by atoms with E-state index >= 15 is 0 Å². The van der Waals surface area contributed by atoms with Crippen molar-refractivity contribution in [2.45, 2.75) is 70.8 Å². The van der Waals surface area contributed by atoms with Crippen LogP contribution >= 0.6 is 11.3 Å². The predicted octanol–water partition coefficient (Wildman–Crippen LogP) is 4.57. The molecule has 3 aromatic heterocycles. The number of aromatic amines is 1. The van der Waals surface area contributed by atoms with Gasteiger partial charge >= 0.3 is 0 Å². The second kappa shape index (κ2) is 8.65. The van der Waals surface area contributed by atoms with Crippen LogP contribution < -0.4 is 10.6 Å². The van der Waals surface area contributed by atoms with Crippen molar-refractivity contribution in [1.29, 1.82) is 0 Å². The van der Waals surface area contributed by atoms with E-state index in [1.807, 2.05) is 17.6 Å². The average Bonchev–Trinajstić information content (AvgIpc) is 3.73. The quantitative estimate of drug-likeness (QED) is 0.387. The summed E-state index contributed by atoms with van der Waals surface area (Å²) in [6.07, 6.45) is 10.1. The van der Waals surface area contributed by atoms with Crippen LogP contribution in [0.2, 0.25) is 0 Å². The Morgan fingerprint density at radius 3 is 2.82 bits per heavy atom. The number of ketones is 1. The summed E-state index contributed by atoms with van der Waals surface area (Å²) in [7, 11) is 0. The number of nitrogens with zero attached hydrogens (tertiary/aromatic N) is 4. The molecule has 2 fully saturated rings. The Bertz CT molecular complexity index is 1230. The number of fused-ring (bicyclic) bond motifs is 1. The number of anilines is 3. The molecule has 6 rings (SSSR count). The van der Waals surface area contributed by atoms with E-state index in [4.69, 9.17) is 0 Å². The van der Waals surface area contributed by atoms with Gasteiger partial charge in [0.1, 0.15) is 11.3 Å². The number of nitrogens with one attached hydrogen (secondary N) is 3. The van der Waals surface area contributed by atoms with E-state index in [-0.39, 0.29) is 23.7 Å². The van der Waals surface area contributed by atoms with Gasteiger partial charge in [0.2, 0.25) is 11.9 Å². The first kappa shape index (κ1) is 21.5. The standard InChI is InChI=1S/C24H29N7O2S/c1-13-10-20(29-28-13)26-24-30-25-12-31(24)16-7-9-19-17(11-16)21(18(32)8-4-14-2-3-14)23(34-19)27-22(33)15-5-6-15/h10,12,14-16H,2-9,11H2,1H3,(H,27,33)(H2,26,28,29,30)/t16-/m0/s1. The molecule has 0 saturated heterocycles. The van der Waals surface area contributed by atoms with Crippen LogP contribution in [0.3, 0.4) is 0 Å². The summed E-state index contributed by atoms with van der Waals surface area (Å²) in [4.78, 5) is 27.2. The molecule has 0 bridgehead atoms. The Morgan fingerprint density at radius 1 is 1.24 bits per heavy atom. The minimum absolute atomic E-state index is 0.0611. The molecule has 3 aliphatic carbocycles. The summed E-state index contributed by atoms with van der Waals surface area (Å²) in [5.74, 6) is 2.37. The molecule has 3 aliphatic rings. The van der Waals surface area contributed by atoms with Gasteiger partial charge in [-0.25, -0.2) is 0 Å². The Morgan fingerprint density at radius 2 is 2.09 bits per heavy atom. The van der Waals surface area contributed by atoms with Crippen LogP contribution in [0, 0.1) is 18.8 Å². The number of thiophene rings is 1. The Balaban J connectivity index is 1.27. The van der Waals surface area contributed by atoms with Crippen LogP contribution in [0.1, 0.15) is 77.5 Å². The maximum Gasteiger partial charge on any atom is 0.230 e. The van der Waals surface area contributed by atoms with Crippen LogP contribution in [0.15, 0.2) is 12.4 Å². The van der Waals surface area contributed by atoms with Crippen LogP contribution in [0.25, 0.3) is 0 Å². The summed E-state index contributed by atoms with van der Waals surface area (Å²) in [5.41, 5.74) is 2.82. The number of H-pyrrole nitrogens is 1. The van der Waals surface area contributed by atoms with Crippen molar-refractivity contribution in [3.05, 3.63) is 34.1 Å². The zero-order valence-electron chi connectivity index (χ0n) is 19.3. The van der Waals surface area contributed by atoms with Crippen LogP contribution in [0.5, 0.6) is 0 Å².